The monoisotopic (exact) mass is 428 g/mol. The van der Waals surface area contributed by atoms with Gasteiger partial charge in [-0.25, -0.2) is 4.98 Å². The Labute approximate surface area is 189 Å². The zero-order valence-corrected chi connectivity index (χ0v) is 18.9. The van der Waals surface area contributed by atoms with Gasteiger partial charge in [-0.3, -0.25) is 0 Å². The third kappa shape index (κ3) is 4.68. The summed E-state index contributed by atoms with van der Waals surface area (Å²) < 4.78 is 16.4. The molecule has 0 saturated heterocycles. The maximum absolute atomic E-state index is 5.62. The van der Waals surface area contributed by atoms with Crippen molar-refractivity contribution in [3.05, 3.63) is 83.4 Å². The van der Waals surface area contributed by atoms with Crippen LogP contribution < -0.4 is 19.5 Å². The summed E-state index contributed by atoms with van der Waals surface area (Å²) in [5, 5.41) is 4.68. The molecular weight excluding hydrogens is 400 g/mol. The van der Waals surface area contributed by atoms with Crippen molar-refractivity contribution in [3.63, 3.8) is 0 Å². The predicted molar refractivity (Wildman–Crippen MR) is 129 cm³/mol. The first-order valence-electron chi connectivity index (χ1n) is 10.6. The summed E-state index contributed by atoms with van der Waals surface area (Å²) in [6, 6.07) is 22.5. The highest BCUT2D eigenvalue weighted by atomic mass is 16.5. The number of aryl methyl sites for hydroxylation is 1. The fraction of sp³-hybridized carbons (Fsp3) is 0.222. The van der Waals surface area contributed by atoms with Crippen molar-refractivity contribution in [2.75, 3.05) is 21.3 Å². The molecule has 0 fully saturated rings. The van der Waals surface area contributed by atoms with E-state index in [2.05, 4.69) is 42.6 Å². The van der Waals surface area contributed by atoms with Gasteiger partial charge in [0.2, 0.25) is 0 Å². The molecule has 0 aliphatic heterocycles. The molecule has 0 aliphatic rings. The number of fused-ring (bicyclic) bond motifs is 1. The van der Waals surface area contributed by atoms with Crippen molar-refractivity contribution in [1.82, 2.24) is 10.3 Å². The van der Waals surface area contributed by atoms with Crippen molar-refractivity contribution in [1.29, 1.82) is 0 Å². The number of para-hydroxylation sites is 1. The van der Waals surface area contributed by atoms with Gasteiger partial charge in [0.15, 0.2) is 0 Å². The molecule has 1 heterocycles. The van der Waals surface area contributed by atoms with E-state index in [0.29, 0.717) is 13.1 Å². The van der Waals surface area contributed by atoms with Crippen molar-refractivity contribution in [3.8, 4) is 28.5 Å². The zero-order valence-electron chi connectivity index (χ0n) is 18.9. The number of benzene rings is 3. The lowest BCUT2D eigenvalue weighted by molar-refractivity contribution is 0.393. The molecule has 0 aliphatic carbocycles. The second-order valence-corrected chi connectivity index (χ2v) is 7.72. The van der Waals surface area contributed by atoms with Gasteiger partial charge in [-0.15, -0.1) is 0 Å². The lowest BCUT2D eigenvalue weighted by atomic mass is 10.0. The predicted octanol–water partition coefficient (Wildman–Crippen LogP) is 5.53. The zero-order chi connectivity index (χ0) is 22.5. The molecule has 0 radical (unpaired) electrons. The highest BCUT2D eigenvalue weighted by molar-refractivity contribution is 5.85. The maximum atomic E-state index is 5.62. The van der Waals surface area contributed by atoms with Crippen molar-refractivity contribution in [2.24, 2.45) is 0 Å². The summed E-state index contributed by atoms with van der Waals surface area (Å²) in [5.74, 6) is 2.36. The van der Waals surface area contributed by atoms with Gasteiger partial charge in [-0.1, -0.05) is 23.8 Å². The SMILES string of the molecule is COc1cc(CNCc2cc3cc(C)ccc3nc2-c2ccccc2OC)cc(OC)c1. The molecule has 5 heteroatoms. The molecule has 164 valence electrons. The topological polar surface area (TPSA) is 52.6 Å². The van der Waals surface area contributed by atoms with E-state index in [1.54, 1.807) is 21.3 Å². The van der Waals surface area contributed by atoms with E-state index in [1.165, 1.54) is 5.56 Å². The minimum absolute atomic E-state index is 0.657. The van der Waals surface area contributed by atoms with Crippen LogP contribution in [-0.4, -0.2) is 26.3 Å². The second-order valence-electron chi connectivity index (χ2n) is 7.72. The third-order valence-electron chi connectivity index (χ3n) is 5.47. The van der Waals surface area contributed by atoms with Crippen LogP contribution in [-0.2, 0) is 13.1 Å². The quantitative estimate of drug-likeness (QED) is 0.400. The molecule has 1 N–H and O–H groups in total. The van der Waals surface area contributed by atoms with E-state index < -0.39 is 0 Å². The molecule has 0 amide bonds. The van der Waals surface area contributed by atoms with Gasteiger partial charge >= 0.3 is 0 Å². The number of hydrogen-bond acceptors (Lipinski definition) is 5. The summed E-state index contributed by atoms with van der Waals surface area (Å²) in [6.45, 7) is 3.43. The van der Waals surface area contributed by atoms with Crippen molar-refractivity contribution >= 4 is 10.9 Å². The van der Waals surface area contributed by atoms with Crippen LogP contribution in [0.2, 0.25) is 0 Å². The summed E-state index contributed by atoms with van der Waals surface area (Å²) in [6.07, 6.45) is 0. The number of nitrogens with zero attached hydrogens (tertiary/aromatic N) is 1. The maximum Gasteiger partial charge on any atom is 0.128 e. The van der Waals surface area contributed by atoms with Crippen LogP contribution in [0, 0.1) is 6.92 Å². The highest BCUT2D eigenvalue weighted by Crippen LogP contribution is 2.33. The first-order chi connectivity index (χ1) is 15.6. The van der Waals surface area contributed by atoms with Gasteiger partial charge in [0, 0.05) is 30.1 Å². The first kappa shape index (κ1) is 21.7. The Kier molecular flexibility index (Phi) is 6.57. The fourth-order valence-corrected chi connectivity index (χ4v) is 3.86. The molecule has 0 atom stereocenters. The molecule has 32 heavy (non-hydrogen) atoms. The molecule has 5 nitrogen and oxygen atoms in total. The van der Waals surface area contributed by atoms with Crippen LogP contribution in [0.4, 0.5) is 0 Å². The molecule has 4 aromatic rings. The summed E-state index contributed by atoms with van der Waals surface area (Å²) in [5.41, 5.74) is 6.29. The van der Waals surface area contributed by atoms with E-state index in [0.717, 1.165) is 50.5 Å². The van der Waals surface area contributed by atoms with E-state index in [4.69, 9.17) is 19.2 Å². The normalized spacial score (nSPS) is 10.9. The smallest absolute Gasteiger partial charge is 0.128 e. The summed E-state index contributed by atoms with van der Waals surface area (Å²) in [7, 11) is 5.01. The lowest BCUT2D eigenvalue weighted by Gasteiger charge is -2.15. The minimum atomic E-state index is 0.657. The van der Waals surface area contributed by atoms with E-state index in [9.17, 15) is 0 Å². The van der Waals surface area contributed by atoms with Crippen LogP contribution in [0.3, 0.4) is 0 Å². The molecule has 0 bridgehead atoms. The van der Waals surface area contributed by atoms with Gasteiger partial charge in [0.1, 0.15) is 17.2 Å². The Hall–Kier alpha value is -3.57. The second kappa shape index (κ2) is 9.71. The Bertz CT molecular complexity index is 1210. The van der Waals surface area contributed by atoms with Gasteiger partial charge < -0.3 is 19.5 Å². The van der Waals surface area contributed by atoms with Crippen molar-refractivity contribution in [2.45, 2.75) is 20.0 Å². The molecule has 0 unspecified atom stereocenters. The Morgan fingerprint density at radius 3 is 2.25 bits per heavy atom. The van der Waals surface area contributed by atoms with Gasteiger partial charge in [0.25, 0.3) is 0 Å². The number of methoxy groups -OCH3 is 3. The Morgan fingerprint density at radius 1 is 0.781 bits per heavy atom. The molecular formula is C27H28N2O3. The Balaban J connectivity index is 1.68. The van der Waals surface area contributed by atoms with Gasteiger partial charge in [0.05, 0.1) is 32.5 Å². The van der Waals surface area contributed by atoms with Crippen LogP contribution in [0.15, 0.2) is 66.7 Å². The number of aromatic nitrogens is 1. The summed E-state index contributed by atoms with van der Waals surface area (Å²) >= 11 is 0. The van der Waals surface area contributed by atoms with E-state index in [1.807, 2.05) is 36.4 Å². The Morgan fingerprint density at radius 2 is 1.53 bits per heavy atom. The van der Waals surface area contributed by atoms with Gasteiger partial charge in [-0.05, 0) is 60.5 Å². The number of hydrogen-bond donors (Lipinski definition) is 1. The number of ether oxygens (including phenoxy) is 3. The molecule has 4 rings (SSSR count). The lowest BCUT2D eigenvalue weighted by Crippen LogP contribution is -2.14. The van der Waals surface area contributed by atoms with Crippen LogP contribution >= 0.6 is 0 Å². The number of pyridine rings is 1. The van der Waals surface area contributed by atoms with E-state index in [-0.39, 0.29) is 0 Å². The first-order valence-corrected chi connectivity index (χ1v) is 10.6. The highest BCUT2D eigenvalue weighted by Gasteiger charge is 2.14. The van der Waals surface area contributed by atoms with Crippen molar-refractivity contribution < 1.29 is 14.2 Å². The average molecular weight is 429 g/mol. The number of nitrogens with one attached hydrogen (secondary N) is 1. The fourth-order valence-electron chi connectivity index (χ4n) is 3.86. The third-order valence-corrected chi connectivity index (χ3v) is 5.47. The van der Waals surface area contributed by atoms with E-state index >= 15 is 0 Å². The average Bonchev–Trinajstić information content (AvgIpc) is 2.83. The minimum Gasteiger partial charge on any atom is -0.497 e. The molecule has 0 saturated carbocycles. The van der Waals surface area contributed by atoms with Gasteiger partial charge in [-0.2, -0.15) is 0 Å². The standard InChI is InChI=1S/C27H28N2O3/c1-18-9-10-25-20(11-18)14-21(27(29-25)24-7-5-6-8-26(24)32-4)17-28-16-19-12-22(30-2)15-23(13-19)31-3/h5-15,28H,16-17H2,1-4H3. The summed E-state index contributed by atoms with van der Waals surface area (Å²) in [4.78, 5) is 5.02. The molecule has 0 spiro atoms. The van der Waals surface area contributed by atoms with Crippen LogP contribution in [0.5, 0.6) is 17.2 Å². The number of rotatable bonds is 8. The molecule has 3 aromatic carbocycles. The van der Waals surface area contributed by atoms with Crippen LogP contribution in [0.25, 0.3) is 22.2 Å². The van der Waals surface area contributed by atoms with Crippen LogP contribution in [0.1, 0.15) is 16.7 Å². The molecule has 1 aromatic heterocycles. The largest absolute Gasteiger partial charge is 0.497 e.